The van der Waals surface area contributed by atoms with Crippen LogP contribution in [0.1, 0.15) is 25.0 Å². The molecule has 0 saturated carbocycles. The number of carboxylic acid groups (broad SMARTS) is 2. The molecule has 0 atom stereocenters. The van der Waals surface area contributed by atoms with Crippen LogP contribution in [0.25, 0.3) is 12.2 Å². The molecule has 0 saturated heterocycles. The van der Waals surface area contributed by atoms with Crippen LogP contribution in [0.15, 0.2) is 71.8 Å². The van der Waals surface area contributed by atoms with Crippen molar-refractivity contribution in [3.8, 4) is 0 Å². The number of hydrogen-bond acceptors (Lipinski definition) is 4. The van der Waals surface area contributed by atoms with E-state index in [1.165, 1.54) is 13.8 Å². The van der Waals surface area contributed by atoms with Gasteiger partial charge in [0.2, 0.25) is 0 Å². The van der Waals surface area contributed by atoms with Crippen LogP contribution in [-0.4, -0.2) is 11.9 Å². The smallest absolute Gasteiger partial charge is 0.545 e. The van der Waals surface area contributed by atoms with Gasteiger partial charge in [0, 0.05) is 0 Å². The molecule has 0 aliphatic rings. The number of carboxylic acids is 2. The summed E-state index contributed by atoms with van der Waals surface area (Å²) < 4.78 is 0. The Balaban J connectivity index is 0.000000443. The monoisotopic (exact) mass is 386 g/mol. The van der Waals surface area contributed by atoms with Gasteiger partial charge in [-0.15, -0.1) is 0 Å². The van der Waals surface area contributed by atoms with E-state index in [9.17, 15) is 19.8 Å². The Labute approximate surface area is 160 Å². The first-order valence-corrected chi connectivity index (χ1v) is 7.29. The van der Waals surface area contributed by atoms with Gasteiger partial charge < -0.3 is 19.8 Å². The van der Waals surface area contributed by atoms with Crippen molar-refractivity contribution in [3.05, 3.63) is 82.9 Å². The maximum atomic E-state index is 10.3. The Morgan fingerprint density at radius 2 is 0.960 bits per heavy atom. The summed E-state index contributed by atoms with van der Waals surface area (Å²) in [5, 5.41) is 20.6. The molecule has 2 aromatic rings. The zero-order valence-electron chi connectivity index (χ0n) is 14.3. The molecule has 0 aromatic heterocycles. The molecule has 5 heteroatoms. The van der Waals surface area contributed by atoms with Crippen molar-refractivity contribution in [2.45, 2.75) is 13.8 Å². The number of hydrogen-bond donors (Lipinski definition) is 0. The second-order valence-corrected chi connectivity index (χ2v) is 5.05. The molecule has 0 spiro atoms. The Hall–Kier alpha value is -2.52. The van der Waals surface area contributed by atoms with Gasteiger partial charge in [0.1, 0.15) is 0 Å². The minimum atomic E-state index is -1.13. The summed E-state index contributed by atoms with van der Waals surface area (Å²) in [6, 6.07) is 18.5. The number of aliphatic carboxylic acids is 2. The average Bonchev–Trinajstić information content (AvgIpc) is 2.57. The Morgan fingerprint density at radius 3 is 1.20 bits per heavy atom. The first-order valence-electron chi connectivity index (χ1n) is 7.29. The van der Waals surface area contributed by atoms with E-state index in [0.29, 0.717) is 0 Å². The maximum Gasteiger partial charge on any atom is 2.00 e. The number of carbonyl (C=O) groups excluding carboxylic acids is 2. The zero-order chi connectivity index (χ0) is 17.9. The van der Waals surface area contributed by atoms with Crippen molar-refractivity contribution in [1.82, 2.24) is 0 Å². The van der Waals surface area contributed by atoms with Crippen molar-refractivity contribution in [2.75, 3.05) is 0 Å². The number of carbonyl (C=O) groups is 2. The van der Waals surface area contributed by atoms with E-state index in [2.05, 4.69) is 0 Å². The van der Waals surface area contributed by atoms with Gasteiger partial charge in [0.05, 0.1) is 11.9 Å². The fourth-order valence-corrected chi connectivity index (χ4v) is 1.72. The minimum Gasteiger partial charge on any atom is -0.545 e. The molecule has 0 fully saturated rings. The molecule has 0 aliphatic carbocycles. The standard InChI is InChI=1S/2C10H10O2.Zn/c2*1-8(10(11)12)7-9-5-3-2-4-6-9;/h2*2-7H,1H3,(H,11,12);/q;;+2/p-2. The number of rotatable bonds is 4. The summed E-state index contributed by atoms with van der Waals surface area (Å²) in [6.45, 7) is 3.03. The van der Waals surface area contributed by atoms with Gasteiger partial charge in [0.25, 0.3) is 0 Å². The second-order valence-electron chi connectivity index (χ2n) is 5.05. The first kappa shape index (κ1) is 22.5. The van der Waals surface area contributed by atoms with Crippen LogP contribution in [-0.2, 0) is 29.1 Å². The third-order valence-electron chi connectivity index (χ3n) is 3.01. The van der Waals surface area contributed by atoms with Crippen LogP contribution < -0.4 is 10.2 Å². The van der Waals surface area contributed by atoms with Crippen molar-refractivity contribution in [1.29, 1.82) is 0 Å². The van der Waals surface area contributed by atoms with Gasteiger partial charge in [-0.1, -0.05) is 72.8 Å². The van der Waals surface area contributed by atoms with Crippen LogP contribution in [0.2, 0.25) is 0 Å². The van der Waals surface area contributed by atoms with Crippen molar-refractivity contribution >= 4 is 24.1 Å². The molecule has 0 heterocycles. The SMILES string of the molecule is CC(=Cc1ccccc1)C(=O)[O-].CC(=Cc1ccccc1)C(=O)[O-].[Zn+2]. The summed E-state index contributed by atoms with van der Waals surface area (Å²) in [4.78, 5) is 20.6. The van der Waals surface area contributed by atoms with Crippen LogP contribution in [0, 0.1) is 0 Å². The topological polar surface area (TPSA) is 80.3 Å². The van der Waals surface area contributed by atoms with E-state index >= 15 is 0 Å². The molecule has 0 N–H and O–H groups in total. The van der Waals surface area contributed by atoms with Crippen molar-refractivity contribution in [2.24, 2.45) is 0 Å². The third kappa shape index (κ3) is 9.38. The summed E-state index contributed by atoms with van der Waals surface area (Å²) >= 11 is 0. The minimum absolute atomic E-state index is 0. The van der Waals surface area contributed by atoms with Crippen LogP contribution in [0.4, 0.5) is 0 Å². The second kappa shape index (κ2) is 11.9. The summed E-state index contributed by atoms with van der Waals surface area (Å²) in [6.07, 6.45) is 3.16. The Kier molecular flexibility index (Phi) is 10.7. The molecule has 25 heavy (non-hydrogen) atoms. The first-order chi connectivity index (χ1) is 11.4. The zero-order valence-corrected chi connectivity index (χ0v) is 17.2. The summed E-state index contributed by atoms with van der Waals surface area (Å²) in [5.41, 5.74) is 2.22. The van der Waals surface area contributed by atoms with Crippen molar-refractivity contribution < 1.29 is 39.3 Å². The van der Waals surface area contributed by atoms with Gasteiger partial charge in [-0.05, 0) is 36.1 Å². The normalized spacial score (nSPS) is 10.8. The van der Waals surface area contributed by atoms with Crippen LogP contribution in [0.5, 0.6) is 0 Å². The van der Waals surface area contributed by atoms with Crippen LogP contribution >= 0.6 is 0 Å². The molecule has 2 rings (SSSR count). The van der Waals surface area contributed by atoms with Crippen LogP contribution in [0.3, 0.4) is 0 Å². The third-order valence-corrected chi connectivity index (χ3v) is 3.01. The molecule has 4 nitrogen and oxygen atoms in total. The fraction of sp³-hybridized carbons (Fsp3) is 0.100. The quantitative estimate of drug-likeness (QED) is 0.590. The predicted octanol–water partition coefficient (Wildman–Crippen LogP) is 1.68. The molecule has 124 valence electrons. The Morgan fingerprint density at radius 1 is 0.680 bits per heavy atom. The van der Waals surface area contributed by atoms with Gasteiger partial charge in [-0.3, -0.25) is 0 Å². The van der Waals surface area contributed by atoms with E-state index in [-0.39, 0.29) is 30.6 Å². The Bertz CT molecular complexity index is 669. The molecule has 0 radical (unpaired) electrons. The van der Waals surface area contributed by atoms with E-state index in [1.54, 1.807) is 12.2 Å². The molecule has 0 bridgehead atoms. The average molecular weight is 388 g/mol. The largest absolute Gasteiger partial charge is 2.00 e. The molecular formula is C20H18O4Zn. The molecule has 0 unspecified atom stereocenters. The van der Waals surface area contributed by atoms with Gasteiger partial charge in [-0.2, -0.15) is 0 Å². The van der Waals surface area contributed by atoms with E-state index in [4.69, 9.17) is 0 Å². The predicted molar refractivity (Wildman–Crippen MR) is 90.2 cm³/mol. The van der Waals surface area contributed by atoms with Crippen molar-refractivity contribution in [3.63, 3.8) is 0 Å². The number of benzene rings is 2. The van der Waals surface area contributed by atoms with E-state index < -0.39 is 11.9 Å². The summed E-state index contributed by atoms with van der Waals surface area (Å²) in [5.74, 6) is -2.25. The molecule has 0 aliphatic heterocycles. The van der Waals surface area contributed by atoms with E-state index in [1.807, 2.05) is 60.7 Å². The van der Waals surface area contributed by atoms with Gasteiger partial charge in [-0.25, -0.2) is 0 Å². The summed E-state index contributed by atoms with van der Waals surface area (Å²) in [7, 11) is 0. The van der Waals surface area contributed by atoms with Gasteiger partial charge >= 0.3 is 19.5 Å². The maximum absolute atomic E-state index is 10.3. The molecule has 2 aromatic carbocycles. The van der Waals surface area contributed by atoms with Gasteiger partial charge in [0.15, 0.2) is 0 Å². The fourth-order valence-electron chi connectivity index (χ4n) is 1.72. The molecular weight excluding hydrogens is 370 g/mol. The van der Waals surface area contributed by atoms with E-state index in [0.717, 1.165) is 11.1 Å². The molecule has 0 amide bonds.